The third kappa shape index (κ3) is 3.15. The van der Waals surface area contributed by atoms with E-state index in [0.29, 0.717) is 13.1 Å². The molecule has 1 aliphatic heterocycles. The summed E-state index contributed by atoms with van der Waals surface area (Å²) in [5, 5.41) is 11.1. The molecule has 0 aliphatic carbocycles. The van der Waals surface area contributed by atoms with E-state index in [-0.39, 0.29) is 5.69 Å². The molecule has 1 heterocycles. The van der Waals surface area contributed by atoms with E-state index in [4.69, 9.17) is 20.8 Å². The molecule has 1 aromatic carbocycles. The highest BCUT2D eigenvalue weighted by Crippen LogP contribution is 2.37. The Kier molecular flexibility index (Phi) is 4.30. The number of anilines is 1. The predicted octanol–water partition coefficient (Wildman–Crippen LogP) is 2.17. The third-order valence-corrected chi connectivity index (χ3v) is 3.05. The van der Waals surface area contributed by atoms with Gasteiger partial charge in [0.25, 0.3) is 0 Å². The first-order chi connectivity index (χ1) is 10.2. The number of rotatable bonds is 3. The number of hydrogen-bond acceptors (Lipinski definition) is 6. The van der Waals surface area contributed by atoms with Crippen molar-refractivity contribution in [1.82, 2.24) is 5.06 Å². The molecule has 120 valence electrons. The van der Waals surface area contributed by atoms with Gasteiger partial charge in [-0.1, -0.05) is 0 Å². The van der Waals surface area contributed by atoms with Crippen molar-refractivity contribution in [3.8, 4) is 6.07 Å². The zero-order valence-electron chi connectivity index (χ0n) is 12.0. The highest BCUT2D eigenvalue weighted by Gasteiger charge is 2.42. The van der Waals surface area contributed by atoms with Crippen LogP contribution in [0, 0.1) is 11.3 Å². The average Bonchev–Trinajstić information content (AvgIpc) is 2.73. The molecule has 1 saturated heterocycles. The Morgan fingerprint density at radius 1 is 1.36 bits per heavy atom. The van der Waals surface area contributed by atoms with Gasteiger partial charge >= 0.3 is 6.18 Å². The van der Waals surface area contributed by atoms with Crippen molar-refractivity contribution >= 4 is 5.69 Å². The molecular formula is C13H15F3N4O2. The molecule has 1 fully saturated rings. The van der Waals surface area contributed by atoms with Gasteiger partial charge in [0.1, 0.15) is 0 Å². The van der Waals surface area contributed by atoms with E-state index in [0.717, 1.165) is 17.4 Å². The number of alkyl halides is 3. The summed E-state index contributed by atoms with van der Waals surface area (Å²) in [6.07, 6.45) is -4.65. The first-order valence-corrected chi connectivity index (χ1v) is 6.45. The molecular weight excluding hydrogens is 301 g/mol. The van der Waals surface area contributed by atoms with Gasteiger partial charge in [0.2, 0.25) is 0 Å². The van der Waals surface area contributed by atoms with Crippen LogP contribution in [-0.2, 0) is 16.0 Å². The average molecular weight is 316 g/mol. The molecule has 1 aliphatic rings. The van der Waals surface area contributed by atoms with Gasteiger partial charge in [-0.15, -0.1) is 10.3 Å². The van der Waals surface area contributed by atoms with E-state index >= 15 is 0 Å². The number of benzene rings is 1. The maximum Gasteiger partial charge on any atom is 0.417 e. The molecule has 0 aromatic heterocycles. The summed E-state index contributed by atoms with van der Waals surface area (Å²) in [4.78, 5) is 10.8. The summed E-state index contributed by atoms with van der Waals surface area (Å²) < 4.78 is 38.9. The quantitative estimate of drug-likeness (QED) is 0.921. The number of nitrogens with two attached hydrogens (primary N) is 1. The Hall–Kier alpha value is -1.86. The molecule has 22 heavy (non-hydrogen) atoms. The van der Waals surface area contributed by atoms with Crippen LogP contribution in [0.3, 0.4) is 0 Å². The monoisotopic (exact) mass is 316 g/mol. The second-order valence-electron chi connectivity index (χ2n) is 5.11. The number of nitriles is 1. The van der Waals surface area contributed by atoms with Gasteiger partial charge < -0.3 is 5.73 Å². The lowest BCUT2D eigenvalue weighted by atomic mass is 10.1. The zero-order valence-corrected chi connectivity index (χ0v) is 12.0. The van der Waals surface area contributed by atoms with Crippen LogP contribution >= 0.6 is 0 Å². The van der Waals surface area contributed by atoms with E-state index < -0.39 is 23.0 Å². The summed E-state index contributed by atoms with van der Waals surface area (Å²) >= 11 is 0. The Morgan fingerprint density at radius 2 is 2.05 bits per heavy atom. The first kappa shape index (κ1) is 16.5. The maximum atomic E-state index is 13.0. The Balaban J connectivity index is 2.33. The third-order valence-electron chi connectivity index (χ3n) is 3.05. The number of hydroxylamine groups is 2. The van der Waals surface area contributed by atoms with E-state index in [2.05, 4.69) is 0 Å². The van der Waals surface area contributed by atoms with Crippen LogP contribution in [0.25, 0.3) is 0 Å². The van der Waals surface area contributed by atoms with Crippen molar-refractivity contribution in [1.29, 1.82) is 5.26 Å². The molecule has 6 nitrogen and oxygen atoms in total. The molecule has 0 bridgehead atoms. The lowest BCUT2D eigenvalue weighted by Gasteiger charge is -2.22. The minimum Gasteiger partial charge on any atom is -0.329 e. The van der Waals surface area contributed by atoms with E-state index in [9.17, 15) is 13.2 Å². The van der Waals surface area contributed by atoms with E-state index in [1.165, 1.54) is 17.2 Å². The molecule has 1 aromatic rings. The Morgan fingerprint density at radius 3 is 2.59 bits per heavy atom. The fourth-order valence-electron chi connectivity index (χ4n) is 1.96. The number of halogens is 3. The number of hydrogen-bond donors (Lipinski definition) is 1. The molecule has 0 saturated carbocycles. The second-order valence-corrected chi connectivity index (χ2v) is 5.11. The molecule has 0 amide bonds. The maximum absolute atomic E-state index is 13.0. The summed E-state index contributed by atoms with van der Waals surface area (Å²) in [6.45, 7) is 4.02. The molecule has 0 spiro atoms. The first-order valence-electron chi connectivity index (χ1n) is 6.45. The summed E-state index contributed by atoms with van der Waals surface area (Å²) in [7, 11) is 0. The zero-order chi connectivity index (χ0) is 16.5. The fraction of sp³-hybridized carbons (Fsp3) is 0.462. The molecule has 0 radical (unpaired) electrons. The number of nitrogens with zero attached hydrogens (tertiary/aromatic N) is 3. The van der Waals surface area contributed by atoms with Crippen LogP contribution in [0.15, 0.2) is 18.2 Å². The van der Waals surface area contributed by atoms with Crippen LogP contribution < -0.4 is 11.0 Å². The van der Waals surface area contributed by atoms with Crippen molar-refractivity contribution in [3.05, 3.63) is 29.3 Å². The van der Waals surface area contributed by atoms with Crippen molar-refractivity contribution in [2.75, 3.05) is 18.3 Å². The van der Waals surface area contributed by atoms with Crippen LogP contribution in [0.2, 0.25) is 0 Å². The normalized spacial score (nSPS) is 18.5. The standard InChI is InChI=1S/C13H15F3N4O2/c1-12(2)19(6-5-17)22-20(21-12)10-4-3-9(8-18)11(7-10)13(14,15)16/h3-4,7H,5-6,17H2,1-2H3. The minimum absolute atomic E-state index is 0.0268. The van der Waals surface area contributed by atoms with Crippen LogP contribution in [0.5, 0.6) is 0 Å². The molecule has 2 rings (SSSR count). The van der Waals surface area contributed by atoms with Gasteiger partial charge in [-0.2, -0.15) is 23.4 Å². The molecule has 2 N–H and O–H groups in total. The lowest BCUT2D eigenvalue weighted by Crippen LogP contribution is -2.41. The van der Waals surface area contributed by atoms with E-state index in [1.54, 1.807) is 13.8 Å². The van der Waals surface area contributed by atoms with Gasteiger partial charge in [-0.3, -0.25) is 0 Å². The largest absolute Gasteiger partial charge is 0.417 e. The molecule has 0 atom stereocenters. The highest BCUT2D eigenvalue weighted by atomic mass is 19.4. The smallest absolute Gasteiger partial charge is 0.329 e. The fourth-order valence-corrected chi connectivity index (χ4v) is 1.96. The van der Waals surface area contributed by atoms with E-state index in [1.807, 2.05) is 0 Å². The Bertz CT molecular complexity index is 598. The van der Waals surface area contributed by atoms with Gasteiger partial charge in [-0.25, -0.2) is 4.84 Å². The van der Waals surface area contributed by atoms with Gasteiger partial charge in [-0.05, 0) is 32.0 Å². The van der Waals surface area contributed by atoms with Crippen LogP contribution in [0.1, 0.15) is 25.0 Å². The summed E-state index contributed by atoms with van der Waals surface area (Å²) in [6, 6.07) is 4.71. The second kappa shape index (κ2) is 5.73. The van der Waals surface area contributed by atoms with Crippen molar-refractivity contribution in [2.24, 2.45) is 5.73 Å². The topological polar surface area (TPSA) is 74.8 Å². The van der Waals surface area contributed by atoms with Gasteiger partial charge in [0.05, 0.1) is 22.9 Å². The van der Waals surface area contributed by atoms with Crippen LogP contribution in [-0.4, -0.2) is 23.9 Å². The predicted molar refractivity (Wildman–Crippen MR) is 70.6 cm³/mol. The highest BCUT2D eigenvalue weighted by molar-refractivity contribution is 5.52. The molecule has 9 heteroatoms. The van der Waals surface area contributed by atoms with Crippen molar-refractivity contribution in [2.45, 2.75) is 25.7 Å². The summed E-state index contributed by atoms with van der Waals surface area (Å²) in [5.41, 5.74) is 3.08. The van der Waals surface area contributed by atoms with Crippen molar-refractivity contribution in [3.63, 3.8) is 0 Å². The van der Waals surface area contributed by atoms with Gasteiger partial charge in [0.15, 0.2) is 5.72 Å². The minimum atomic E-state index is -4.65. The lowest BCUT2D eigenvalue weighted by molar-refractivity contribution is -0.165. The Labute approximate surface area is 125 Å². The van der Waals surface area contributed by atoms with Crippen molar-refractivity contribution < 1.29 is 22.9 Å². The van der Waals surface area contributed by atoms with Crippen LogP contribution in [0.4, 0.5) is 18.9 Å². The molecule has 0 unspecified atom stereocenters. The van der Waals surface area contributed by atoms with Gasteiger partial charge in [0, 0.05) is 13.1 Å². The SMILES string of the molecule is CC1(C)ON(c2ccc(C#N)c(C(F)(F)F)c2)ON1CCN. The summed E-state index contributed by atoms with van der Waals surface area (Å²) in [5.74, 6) is 0.